The number of hydrogen-bond donors (Lipinski definition) is 0. The first-order chi connectivity index (χ1) is 10.1. The largest absolute Gasteiger partial charge is 0.462 e. The SMILES string of the molecule is CCOC(=O)c1ccc2c(c1)n(CCOC)c(C)[n+]2CC. The van der Waals surface area contributed by atoms with Gasteiger partial charge in [-0.2, -0.15) is 0 Å². The Labute approximate surface area is 125 Å². The van der Waals surface area contributed by atoms with Gasteiger partial charge in [0.2, 0.25) is 0 Å². The van der Waals surface area contributed by atoms with E-state index in [4.69, 9.17) is 9.47 Å². The summed E-state index contributed by atoms with van der Waals surface area (Å²) in [5.74, 6) is 0.880. The van der Waals surface area contributed by atoms with Crippen molar-refractivity contribution in [3.63, 3.8) is 0 Å². The topological polar surface area (TPSA) is 44.3 Å². The van der Waals surface area contributed by atoms with E-state index < -0.39 is 0 Å². The van der Waals surface area contributed by atoms with Crippen LogP contribution >= 0.6 is 0 Å². The van der Waals surface area contributed by atoms with Crippen LogP contribution in [0.1, 0.15) is 30.0 Å². The maximum Gasteiger partial charge on any atom is 0.338 e. The van der Waals surface area contributed by atoms with Gasteiger partial charge in [0.15, 0.2) is 11.0 Å². The molecule has 0 unspecified atom stereocenters. The minimum atomic E-state index is -0.278. The highest BCUT2D eigenvalue weighted by Crippen LogP contribution is 2.17. The molecule has 0 atom stereocenters. The summed E-state index contributed by atoms with van der Waals surface area (Å²) in [5, 5.41) is 0. The zero-order valence-corrected chi connectivity index (χ0v) is 13.2. The molecule has 0 spiro atoms. The normalized spacial score (nSPS) is 11.0. The van der Waals surface area contributed by atoms with Crippen LogP contribution in [0.4, 0.5) is 0 Å². The van der Waals surface area contributed by atoms with Crippen LogP contribution in [0.2, 0.25) is 0 Å². The van der Waals surface area contributed by atoms with Gasteiger partial charge in [0.05, 0.1) is 25.3 Å². The van der Waals surface area contributed by atoms with E-state index in [1.807, 2.05) is 25.1 Å². The van der Waals surface area contributed by atoms with Crippen molar-refractivity contribution in [1.82, 2.24) is 4.57 Å². The summed E-state index contributed by atoms with van der Waals surface area (Å²) in [7, 11) is 1.69. The number of carbonyl (C=O) groups is 1. The third-order valence-corrected chi connectivity index (χ3v) is 3.68. The molecule has 0 aliphatic carbocycles. The van der Waals surface area contributed by atoms with E-state index in [9.17, 15) is 4.79 Å². The van der Waals surface area contributed by atoms with Crippen LogP contribution in [0.25, 0.3) is 11.0 Å². The molecule has 0 bridgehead atoms. The first-order valence-electron chi connectivity index (χ1n) is 7.32. The van der Waals surface area contributed by atoms with E-state index in [1.54, 1.807) is 7.11 Å². The summed E-state index contributed by atoms with van der Waals surface area (Å²) in [4.78, 5) is 11.9. The zero-order chi connectivity index (χ0) is 15.4. The van der Waals surface area contributed by atoms with Crippen LogP contribution in [0.15, 0.2) is 18.2 Å². The molecule has 1 heterocycles. The molecule has 0 fully saturated rings. The highest BCUT2D eigenvalue weighted by Gasteiger charge is 2.22. The summed E-state index contributed by atoms with van der Waals surface area (Å²) >= 11 is 0. The summed E-state index contributed by atoms with van der Waals surface area (Å²) in [5.41, 5.74) is 2.75. The Morgan fingerprint density at radius 1 is 1.33 bits per heavy atom. The van der Waals surface area contributed by atoms with Crippen LogP contribution < -0.4 is 4.57 Å². The molecule has 0 aliphatic rings. The number of imidazole rings is 1. The van der Waals surface area contributed by atoms with Gasteiger partial charge in [0, 0.05) is 20.1 Å². The molecule has 2 aromatic rings. The fourth-order valence-corrected chi connectivity index (χ4v) is 2.67. The molecular weight excluding hydrogens is 268 g/mol. The number of aryl methyl sites for hydroxylation is 1. The number of methoxy groups -OCH3 is 1. The van der Waals surface area contributed by atoms with E-state index in [-0.39, 0.29) is 5.97 Å². The van der Waals surface area contributed by atoms with Crippen molar-refractivity contribution < 1.29 is 18.8 Å². The Hall–Kier alpha value is -1.88. The number of rotatable bonds is 6. The van der Waals surface area contributed by atoms with E-state index in [2.05, 4.69) is 23.0 Å². The Morgan fingerprint density at radius 3 is 2.71 bits per heavy atom. The van der Waals surface area contributed by atoms with Crippen LogP contribution in [0.3, 0.4) is 0 Å². The fraction of sp³-hybridized carbons (Fsp3) is 0.500. The number of esters is 1. The Balaban J connectivity index is 2.55. The second kappa shape index (κ2) is 6.72. The number of hydrogen-bond acceptors (Lipinski definition) is 3. The van der Waals surface area contributed by atoms with Gasteiger partial charge in [0.25, 0.3) is 5.82 Å². The van der Waals surface area contributed by atoms with Crippen molar-refractivity contribution >= 4 is 17.0 Å². The predicted octanol–water partition coefficient (Wildman–Crippen LogP) is 2.08. The van der Waals surface area contributed by atoms with Crippen LogP contribution in [0, 0.1) is 6.92 Å². The molecule has 5 heteroatoms. The van der Waals surface area contributed by atoms with Gasteiger partial charge in [0.1, 0.15) is 6.54 Å². The van der Waals surface area contributed by atoms with Crippen LogP contribution in [-0.4, -0.2) is 30.9 Å². The lowest BCUT2D eigenvalue weighted by Gasteiger charge is -2.02. The van der Waals surface area contributed by atoms with Crippen LogP contribution in [-0.2, 0) is 22.6 Å². The smallest absolute Gasteiger partial charge is 0.338 e. The van der Waals surface area contributed by atoms with Crippen LogP contribution in [0.5, 0.6) is 0 Å². The Morgan fingerprint density at radius 2 is 2.10 bits per heavy atom. The molecular formula is C16H23N2O3+. The van der Waals surface area contributed by atoms with E-state index >= 15 is 0 Å². The average molecular weight is 291 g/mol. The summed E-state index contributed by atoms with van der Waals surface area (Å²) in [6.45, 7) is 8.69. The quantitative estimate of drug-likeness (QED) is 0.604. The van der Waals surface area contributed by atoms with E-state index in [0.29, 0.717) is 18.8 Å². The standard InChI is InChI=1S/C16H23N2O3/c1-5-17-12(3)18(9-10-20-4)15-11-13(7-8-14(15)17)16(19)21-6-2/h7-8,11H,5-6,9-10H2,1-4H3/q+1. The Kier molecular flexibility index (Phi) is 4.96. The van der Waals surface area contributed by atoms with Gasteiger partial charge in [-0.05, 0) is 26.0 Å². The third-order valence-electron chi connectivity index (χ3n) is 3.68. The van der Waals surface area contributed by atoms with Gasteiger partial charge in [-0.25, -0.2) is 13.9 Å². The van der Waals surface area contributed by atoms with Gasteiger partial charge < -0.3 is 9.47 Å². The number of fused-ring (bicyclic) bond motifs is 1. The molecule has 0 radical (unpaired) electrons. The van der Waals surface area contributed by atoms with Crippen molar-refractivity contribution in [2.75, 3.05) is 20.3 Å². The van der Waals surface area contributed by atoms with Crippen molar-refractivity contribution in [3.8, 4) is 0 Å². The monoisotopic (exact) mass is 291 g/mol. The molecule has 114 valence electrons. The summed E-state index contributed by atoms with van der Waals surface area (Å²) in [6, 6.07) is 5.72. The number of aromatic nitrogens is 2. The van der Waals surface area contributed by atoms with Gasteiger partial charge in [-0.1, -0.05) is 0 Å². The van der Waals surface area contributed by atoms with E-state index in [0.717, 1.165) is 29.9 Å². The minimum absolute atomic E-state index is 0.278. The van der Waals surface area contributed by atoms with Gasteiger partial charge in [-0.3, -0.25) is 0 Å². The zero-order valence-electron chi connectivity index (χ0n) is 13.2. The third kappa shape index (κ3) is 2.93. The highest BCUT2D eigenvalue weighted by molar-refractivity contribution is 5.93. The average Bonchev–Trinajstić information content (AvgIpc) is 2.75. The first-order valence-corrected chi connectivity index (χ1v) is 7.32. The lowest BCUT2D eigenvalue weighted by atomic mass is 10.2. The van der Waals surface area contributed by atoms with Gasteiger partial charge in [-0.15, -0.1) is 0 Å². The molecule has 0 amide bonds. The molecule has 5 nitrogen and oxygen atoms in total. The van der Waals surface area contributed by atoms with Crippen molar-refractivity contribution in [1.29, 1.82) is 0 Å². The highest BCUT2D eigenvalue weighted by atomic mass is 16.5. The lowest BCUT2D eigenvalue weighted by molar-refractivity contribution is -0.675. The number of nitrogens with zero attached hydrogens (tertiary/aromatic N) is 2. The molecule has 0 saturated carbocycles. The first kappa shape index (κ1) is 15.5. The number of ether oxygens (including phenoxy) is 2. The second-order valence-electron chi connectivity index (χ2n) is 4.86. The molecule has 1 aromatic carbocycles. The van der Waals surface area contributed by atoms with Crippen molar-refractivity contribution in [2.24, 2.45) is 0 Å². The number of carbonyl (C=O) groups excluding carboxylic acids is 1. The molecule has 1 aromatic heterocycles. The minimum Gasteiger partial charge on any atom is -0.462 e. The predicted molar refractivity (Wildman–Crippen MR) is 80.4 cm³/mol. The van der Waals surface area contributed by atoms with Gasteiger partial charge >= 0.3 is 5.97 Å². The van der Waals surface area contributed by atoms with Crippen molar-refractivity contribution in [2.45, 2.75) is 33.9 Å². The lowest BCUT2D eigenvalue weighted by Crippen LogP contribution is -2.35. The van der Waals surface area contributed by atoms with E-state index in [1.165, 1.54) is 0 Å². The maximum absolute atomic E-state index is 11.9. The Bertz CT molecular complexity index is 646. The molecule has 0 aliphatic heterocycles. The fourth-order valence-electron chi connectivity index (χ4n) is 2.67. The van der Waals surface area contributed by atoms with Crippen molar-refractivity contribution in [3.05, 3.63) is 29.6 Å². The molecule has 2 rings (SSSR count). The molecule has 0 N–H and O–H groups in total. The second-order valence-corrected chi connectivity index (χ2v) is 4.86. The maximum atomic E-state index is 11.9. The summed E-state index contributed by atoms with van der Waals surface area (Å²) < 4.78 is 14.7. The number of benzene rings is 1. The molecule has 0 saturated heterocycles. The summed E-state index contributed by atoms with van der Waals surface area (Å²) in [6.07, 6.45) is 0. The molecule has 21 heavy (non-hydrogen) atoms.